The number of phosphoric acid groups is 1. The SMILES string of the molecule is CC.[C-]#[N+]CCOP(=O)(OC[C@H]1O[C@@H](n2cnc3c(=O)[nH]c(NC(=O)C(C)C)nc32)C[C@H]1OC(=O)CCC(C)=O)O[C@@H]1C[C@H](n2cc(C#CCNC(=O)Cc3ccc(O[Si](C)(C)C(C)(C)C)cc3)c(=O)[nH]c2=O)O[C@@H]1COC(c1ccccc1)(c1ccc(OC)cc1)c1ccc(OC)cc1. The molecule has 100 heavy (non-hydrogen) atoms. The van der Waals surface area contributed by atoms with E-state index in [2.05, 4.69) is 81.1 Å². The molecule has 2 amide bonds. The molecule has 2 aliphatic heterocycles. The Labute approximate surface area is 580 Å². The number of aromatic nitrogens is 6. The topological polar surface area (TPSA) is 324 Å². The smallest absolute Gasteiger partial charge is 0.475 e. The summed E-state index contributed by atoms with van der Waals surface area (Å²) in [7, 11) is -4.00. The van der Waals surface area contributed by atoms with Gasteiger partial charge in [-0.3, -0.25) is 62.0 Å². The van der Waals surface area contributed by atoms with E-state index < -0.39 is 106 Å². The van der Waals surface area contributed by atoms with E-state index in [9.17, 15) is 33.6 Å². The second-order valence-corrected chi connectivity index (χ2v) is 31.6. The van der Waals surface area contributed by atoms with Gasteiger partial charge in [-0.1, -0.05) is 127 Å². The number of imidazole rings is 1. The summed E-state index contributed by atoms with van der Waals surface area (Å²) in [5.41, 5.74) is -1.53. The van der Waals surface area contributed by atoms with Crippen LogP contribution in [0, 0.1) is 24.3 Å². The van der Waals surface area contributed by atoms with Crippen LogP contribution in [0.25, 0.3) is 16.0 Å². The van der Waals surface area contributed by atoms with Crippen molar-refractivity contribution in [3.05, 3.63) is 186 Å². The van der Waals surface area contributed by atoms with Gasteiger partial charge >= 0.3 is 19.5 Å². The van der Waals surface area contributed by atoms with Crippen LogP contribution in [0.1, 0.15) is 121 Å². The molecule has 532 valence electrons. The predicted octanol–water partition coefficient (Wildman–Crippen LogP) is 9.71. The van der Waals surface area contributed by atoms with E-state index in [0.29, 0.717) is 28.2 Å². The lowest BCUT2D eigenvalue weighted by atomic mass is 9.80. The number of carbonyl (C=O) groups excluding carboxylic acids is 4. The average Bonchev–Trinajstić information content (AvgIpc) is 0.989. The van der Waals surface area contributed by atoms with E-state index in [1.807, 2.05) is 92.7 Å². The Kier molecular flexibility index (Phi) is 26.1. The summed E-state index contributed by atoms with van der Waals surface area (Å²) in [5, 5.41) is 5.32. The molecule has 2 aliphatic rings. The Bertz CT molecular complexity index is 4280. The van der Waals surface area contributed by atoms with Crippen LogP contribution in [0.15, 0.2) is 130 Å². The second-order valence-electron chi connectivity index (χ2n) is 25.2. The van der Waals surface area contributed by atoms with Crippen molar-refractivity contribution in [2.45, 2.75) is 148 Å². The van der Waals surface area contributed by atoms with Crippen molar-refractivity contribution in [1.82, 2.24) is 34.4 Å². The van der Waals surface area contributed by atoms with E-state index in [1.54, 1.807) is 52.3 Å². The lowest BCUT2D eigenvalue weighted by molar-refractivity contribution is -0.153. The molecule has 9 rings (SSSR count). The highest BCUT2D eigenvalue weighted by Crippen LogP contribution is 2.54. The number of anilines is 1. The summed E-state index contributed by atoms with van der Waals surface area (Å²) in [4.78, 5) is 109. The molecule has 0 saturated carbocycles. The molecule has 0 radical (unpaired) electrons. The summed E-state index contributed by atoms with van der Waals surface area (Å²) in [6.45, 7) is 24.9. The van der Waals surface area contributed by atoms with Crippen molar-refractivity contribution in [3.63, 3.8) is 0 Å². The largest absolute Gasteiger partial charge is 0.544 e. The molecule has 7 atom stereocenters. The Morgan fingerprint density at radius 2 is 1.39 bits per heavy atom. The summed E-state index contributed by atoms with van der Waals surface area (Å²) >= 11 is 0. The summed E-state index contributed by atoms with van der Waals surface area (Å²) in [6, 6.07) is 31.1. The Morgan fingerprint density at radius 1 is 0.790 bits per heavy atom. The van der Waals surface area contributed by atoms with Crippen molar-refractivity contribution < 1.29 is 70.2 Å². The number of rotatable bonds is 29. The van der Waals surface area contributed by atoms with Crippen molar-refractivity contribution in [2.75, 3.05) is 52.4 Å². The number of nitrogens with one attached hydrogen (secondary N) is 4. The molecule has 3 aromatic heterocycles. The molecule has 7 aromatic rings. The van der Waals surface area contributed by atoms with Gasteiger partial charge in [-0.25, -0.2) is 20.9 Å². The van der Waals surface area contributed by atoms with Gasteiger partial charge in [0.2, 0.25) is 32.6 Å². The lowest BCUT2D eigenvalue weighted by Crippen LogP contribution is -2.43. The van der Waals surface area contributed by atoms with Crippen LogP contribution in [-0.4, -0.2) is 133 Å². The van der Waals surface area contributed by atoms with E-state index in [1.165, 1.54) is 24.0 Å². The van der Waals surface area contributed by atoms with Gasteiger partial charge < -0.3 is 47.8 Å². The highest BCUT2D eigenvalue weighted by Gasteiger charge is 2.48. The molecule has 5 heterocycles. The first-order valence-electron chi connectivity index (χ1n) is 32.8. The van der Waals surface area contributed by atoms with Crippen LogP contribution in [0.3, 0.4) is 0 Å². The number of carbonyl (C=O) groups is 4. The molecule has 2 fully saturated rings. The summed E-state index contributed by atoms with van der Waals surface area (Å²) in [6.07, 6.45) is -5.88. The van der Waals surface area contributed by atoms with Crippen molar-refractivity contribution in [1.29, 1.82) is 0 Å². The van der Waals surface area contributed by atoms with Crippen molar-refractivity contribution >= 4 is 56.8 Å². The van der Waals surface area contributed by atoms with E-state index in [4.69, 9.17) is 53.0 Å². The minimum absolute atomic E-state index is 0.00517. The molecule has 1 unspecified atom stereocenters. The molecule has 0 spiro atoms. The van der Waals surface area contributed by atoms with Crippen molar-refractivity contribution in [2.24, 2.45) is 5.92 Å². The maximum absolute atomic E-state index is 15.6. The molecule has 2 saturated heterocycles. The molecule has 27 nitrogen and oxygen atoms in total. The van der Waals surface area contributed by atoms with Gasteiger partial charge in [-0.05, 0) is 83.7 Å². The van der Waals surface area contributed by atoms with Crippen LogP contribution in [0.2, 0.25) is 18.1 Å². The first-order chi connectivity index (χ1) is 47.7. The first-order valence-corrected chi connectivity index (χ1v) is 37.1. The van der Waals surface area contributed by atoms with E-state index in [-0.39, 0.29) is 91.2 Å². The highest BCUT2D eigenvalue weighted by molar-refractivity contribution is 7.48. The first kappa shape index (κ1) is 76.4. The zero-order valence-corrected chi connectivity index (χ0v) is 60.0. The fourth-order valence-corrected chi connectivity index (χ4v) is 13.0. The Morgan fingerprint density at radius 3 is 1.99 bits per heavy atom. The minimum Gasteiger partial charge on any atom is -0.544 e. The van der Waals surface area contributed by atoms with Gasteiger partial charge in [-0.15, -0.1) is 0 Å². The fourth-order valence-electron chi connectivity index (χ4n) is 10.6. The average molecular weight is 1410 g/mol. The van der Waals surface area contributed by atoms with Crippen LogP contribution >= 0.6 is 7.82 Å². The molecule has 0 aliphatic carbocycles. The number of ether oxygens (including phenoxy) is 6. The molecule has 4 aromatic carbocycles. The third-order valence-electron chi connectivity index (χ3n) is 16.9. The number of hydrogen-bond donors (Lipinski definition) is 4. The zero-order chi connectivity index (χ0) is 72.5. The minimum atomic E-state index is -4.99. The number of H-pyrrole nitrogens is 2. The maximum Gasteiger partial charge on any atom is 0.475 e. The number of esters is 1. The number of hydrogen-bond acceptors (Lipinski definition) is 20. The molecule has 0 bridgehead atoms. The third kappa shape index (κ3) is 19.1. The van der Waals surface area contributed by atoms with Crippen LogP contribution < -0.4 is 41.3 Å². The maximum atomic E-state index is 15.6. The van der Waals surface area contributed by atoms with E-state index >= 15 is 4.57 Å². The molecular formula is C71H86N9O18PSi. The Hall–Kier alpha value is -9.35. The monoisotopic (exact) mass is 1410 g/mol. The van der Waals surface area contributed by atoms with Gasteiger partial charge in [0.1, 0.15) is 77.7 Å². The number of benzene rings is 4. The molecular weight excluding hydrogens is 1330 g/mol. The number of fused-ring (bicyclic) bond motifs is 1. The van der Waals surface area contributed by atoms with Crippen LogP contribution in [-0.2, 0) is 68.3 Å². The number of Topliss-reactive ketones (excluding diaryl/α,β-unsaturated/α-hetero) is 1. The van der Waals surface area contributed by atoms with Gasteiger partial charge in [-0.2, -0.15) is 4.98 Å². The summed E-state index contributed by atoms with van der Waals surface area (Å²) in [5.74, 6) is 4.94. The number of phosphoric ester groups is 1. The zero-order valence-electron chi connectivity index (χ0n) is 58.1. The van der Waals surface area contributed by atoms with Crippen LogP contribution in [0.4, 0.5) is 5.95 Å². The quantitative estimate of drug-likeness (QED) is 0.00644. The van der Waals surface area contributed by atoms with Crippen LogP contribution in [0.5, 0.6) is 17.2 Å². The predicted molar refractivity (Wildman–Crippen MR) is 373 cm³/mol. The molecule has 29 heteroatoms. The van der Waals surface area contributed by atoms with Crippen molar-refractivity contribution in [3.8, 4) is 29.1 Å². The number of aromatic amines is 2. The van der Waals surface area contributed by atoms with Gasteiger partial charge in [0.05, 0.1) is 53.1 Å². The summed E-state index contributed by atoms with van der Waals surface area (Å²) < 4.78 is 80.6. The number of methoxy groups -OCH3 is 2. The lowest BCUT2D eigenvalue weighted by Gasteiger charge is -2.37. The van der Waals surface area contributed by atoms with E-state index in [0.717, 1.165) is 15.9 Å². The Balaban J connectivity index is 0.00000630. The number of amides is 2. The number of ketones is 1. The number of nitrogens with zero attached hydrogens (tertiary/aromatic N) is 5. The highest BCUT2D eigenvalue weighted by atomic mass is 31.2. The fraction of sp³-hybridized carbons (Fsp3) is 0.437. The normalized spacial score (nSPS) is 18.1. The second kappa shape index (κ2) is 34.1. The standard InChI is InChI=1S/C69H80N9O18PSi.C2H6/c1-43(2)63(82)74-66-73-62-61(65(84)75-66)72-42-78(62)59-37-53(94-60(81)32-19-44(3)79)56(93-59)41-91-97(86,90-35-34-70-7)95-54-38-58(77-39-46(64(83)76-67(77)85)16-15-33-71-57(80)36-45-20-26-52(27-21-45)96-98(10,11)68(4,5)6)92-55(54)40-89-69(47-17-13-12-14-18-47,48-22-28-50(87-8)29-23-48)49-24-30-51(88-9)31-25-49;1-2/h12-14,17-18,20-31,39,42-43,53-56,58-59H,19,32-38,40-41H2,1-6,8-11H3,(H,71,80)(H,76,83,85)(H2,73,74,75,82,84);1-2H3/t53-,54-,55-,56-,58-,59-,97?;/m1./s1. The van der Waals surface area contributed by atoms with Gasteiger partial charge in [0.15, 0.2) is 11.2 Å². The van der Waals surface area contributed by atoms with Gasteiger partial charge in [0.25, 0.3) is 11.1 Å². The third-order valence-corrected chi connectivity index (χ3v) is 22.8. The van der Waals surface area contributed by atoms with Gasteiger partial charge in [0, 0.05) is 31.4 Å². The molecule has 4 N–H and O–H groups in total.